The van der Waals surface area contributed by atoms with Gasteiger partial charge in [-0.2, -0.15) is 0 Å². The van der Waals surface area contributed by atoms with Crippen molar-refractivity contribution in [3.63, 3.8) is 0 Å². The molecule has 0 aliphatic carbocycles. The molecule has 1 unspecified atom stereocenters. The normalized spacial score (nSPS) is 31.1. The quantitative estimate of drug-likeness (QED) is 0.277. The van der Waals surface area contributed by atoms with Crippen molar-refractivity contribution in [2.75, 3.05) is 6.61 Å². The van der Waals surface area contributed by atoms with Gasteiger partial charge in [0.1, 0.15) is 24.1 Å². The Labute approximate surface area is 134 Å². The number of hydrogen-bond acceptors (Lipinski definition) is 5. The molecular weight excluding hydrogens is 375 g/mol. The first kappa shape index (κ1) is 17.3. The van der Waals surface area contributed by atoms with Crippen molar-refractivity contribution >= 4 is 29.8 Å². The molecule has 5 atom stereocenters. The van der Waals surface area contributed by atoms with E-state index in [2.05, 4.69) is 0 Å². The maximum Gasteiger partial charge on any atom is 0.111 e. The Kier molecular flexibility index (Phi) is 6.34. The highest BCUT2D eigenvalue weighted by atomic mass is 127. The summed E-state index contributed by atoms with van der Waals surface area (Å²) in [6, 6.07) is 8.98. The van der Waals surface area contributed by atoms with Gasteiger partial charge in [0.2, 0.25) is 0 Å². The highest BCUT2D eigenvalue weighted by Gasteiger charge is 2.42. The summed E-state index contributed by atoms with van der Waals surface area (Å²) >= 11 is 0. The lowest BCUT2D eigenvalue weighted by atomic mass is 9.85. The fraction of sp³-hybridized carbons (Fsp3) is 0.462. The van der Waals surface area contributed by atoms with Crippen LogP contribution in [0.2, 0.25) is 0 Å². The highest BCUT2D eigenvalue weighted by molar-refractivity contribution is 14.0. The van der Waals surface area contributed by atoms with Crippen LogP contribution in [0.4, 0.5) is 0 Å². The number of nitrogens with two attached hydrogens (primary N) is 1. The van der Waals surface area contributed by atoms with E-state index >= 15 is 0 Å². The standard InChI is InChI=1S/C13H18N2O4.HI/c14-13(15)9(7-4-2-1-3-5-7)12-11(18)10(17)8(16)6-19-12;/h1-5,8-12,16-18H,6H2,(H3,14,15);1H/t8-,9?,10+,11-,12+;/m1./s1. The summed E-state index contributed by atoms with van der Waals surface area (Å²) in [6.07, 6.45) is -4.57. The molecule has 1 aromatic rings. The van der Waals surface area contributed by atoms with E-state index < -0.39 is 30.3 Å². The zero-order valence-electron chi connectivity index (χ0n) is 10.7. The van der Waals surface area contributed by atoms with Gasteiger partial charge in [-0.25, -0.2) is 0 Å². The van der Waals surface area contributed by atoms with Crippen LogP contribution < -0.4 is 5.73 Å². The van der Waals surface area contributed by atoms with Crippen LogP contribution in [0.25, 0.3) is 0 Å². The number of amidine groups is 1. The molecule has 1 heterocycles. The summed E-state index contributed by atoms with van der Waals surface area (Å²) in [6.45, 7) is -0.0977. The molecule has 0 saturated carbocycles. The summed E-state index contributed by atoms with van der Waals surface area (Å²) < 4.78 is 5.37. The lowest BCUT2D eigenvalue weighted by molar-refractivity contribution is -0.188. The summed E-state index contributed by atoms with van der Waals surface area (Å²) in [5.41, 5.74) is 6.31. The van der Waals surface area contributed by atoms with E-state index in [1.807, 2.05) is 6.07 Å². The molecular formula is C13H19IN2O4. The molecule has 1 fully saturated rings. The van der Waals surface area contributed by atoms with Crippen LogP contribution in [-0.2, 0) is 4.74 Å². The van der Waals surface area contributed by atoms with Crippen LogP contribution in [0.5, 0.6) is 0 Å². The van der Waals surface area contributed by atoms with Crippen LogP contribution in [0, 0.1) is 5.41 Å². The second-order valence-corrected chi connectivity index (χ2v) is 4.69. The predicted octanol–water partition coefficient (Wildman–Crippen LogP) is -0.194. The van der Waals surface area contributed by atoms with E-state index in [9.17, 15) is 15.3 Å². The molecule has 0 bridgehead atoms. The zero-order chi connectivity index (χ0) is 14.0. The number of ether oxygens (including phenoxy) is 1. The van der Waals surface area contributed by atoms with Crippen molar-refractivity contribution in [2.45, 2.75) is 30.3 Å². The van der Waals surface area contributed by atoms with Gasteiger partial charge in [0.15, 0.2) is 0 Å². The number of aliphatic hydroxyl groups is 3. The van der Waals surface area contributed by atoms with Crippen LogP contribution in [0.15, 0.2) is 30.3 Å². The number of benzene rings is 1. The van der Waals surface area contributed by atoms with E-state index in [4.69, 9.17) is 15.9 Å². The molecule has 7 heteroatoms. The smallest absolute Gasteiger partial charge is 0.111 e. The lowest BCUT2D eigenvalue weighted by Gasteiger charge is -2.39. The fourth-order valence-corrected chi connectivity index (χ4v) is 2.33. The van der Waals surface area contributed by atoms with E-state index in [1.165, 1.54) is 0 Å². The Morgan fingerprint density at radius 1 is 1.20 bits per heavy atom. The minimum Gasteiger partial charge on any atom is -0.388 e. The van der Waals surface area contributed by atoms with Gasteiger partial charge in [-0.15, -0.1) is 24.0 Å². The second kappa shape index (κ2) is 7.32. The predicted molar refractivity (Wildman–Crippen MR) is 84.3 cm³/mol. The largest absolute Gasteiger partial charge is 0.388 e. The molecule has 6 nitrogen and oxygen atoms in total. The number of halogens is 1. The molecule has 0 amide bonds. The van der Waals surface area contributed by atoms with Crippen molar-refractivity contribution in [2.24, 2.45) is 5.73 Å². The second-order valence-electron chi connectivity index (χ2n) is 4.69. The summed E-state index contributed by atoms with van der Waals surface area (Å²) in [5, 5.41) is 36.8. The molecule has 1 aromatic carbocycles. The van der Waals surface area contributed by atoms with E-state index in [-0.39, 0.29) is 36.4 Å². The third kappa shape index (κ3) is 3.47. The summed E-state index contributed by atoms with van der Waals surface area (Å²) in [7, 11) is 0. The number of nitrogens with one attached hydrogen (secondary N) is 1. The number of rotatable bonds is 3. The molecule has 1 aliphatic heterocycles. The zero-order valence-corrected chi connectivity index (χ0v) is 13.0. The van der Waals surface area contributed by atoms with E-state index in [1.54, 1.807) is 24.3 Å². The van der Waals surface area contributed by atoms with Gasteiger partial charge < -0.3 is 25.8 Å². The summed E-state index contributed by atoms with van der Waals surface area (Å²) in [4.78, 5) is 0. The molecule has 112 valence electrons. The molecule has 20 heavy (non-hydrogen) atoms. The Morgan fingerprint density at radius 3 is 2.35 bits per heavy atom. The van der Waals surface area contributed by atoms with Crippen molar-refractivity contribution in [3.8, 4) is 0 Å². The van der Waals surface area contributed by atoms with Crippen LogP contribution in [0.3, 0.4) is 0 Å². The molecule has 0 spiro atoms. The molecule has 1 saturated heterocycles. The number of aliphatic hydroxyl groups excluding tert-OH is 3. The monoisotopic (exact) mass is 394 g/mol. The minimum atomic E-state index is -1.30. The molecule has 1 aliphatic rings. The summed E-state index contributed by atoms with van der Waals surface area (Å²) in [5.74, 6) is -0.808. The average molecular weight is 394 g/mol. The van der Waals surface area contributed by atoms with Crippen LogP contribution in [-0.4, -0.2) is 52.2 Å². The van der Waals surface area contributed by atoms with Crippen molar-refractivity contribution in [3.05, 3.63) is 35.9 Å². The third-order valence-electron chi connectivity index (χ3n) is 3.36. The molecule has 0 aromatic heterocycles. The third-order valence-corrected chi connectivity index (χ3v) is 3.36. The first-order valence-electron chi connectivity index (χ1n) is 6.07. The van der Waals surface area contributed by atoms with Gasteiger partial charge in [0, 0.05) is 0 Å². The maximum absolute atomic E-state index is 10.0. The maximum atomic E-state index is 10.0. The van der Waals surface area contributed by atoms with Gasteiger partial charge in [0.25, 0.3) is 0 Å². The van der Waals surface area contributed by atoms with Gasteiger partial charge in [-0.3, -0.25) is 5.41 Å². The van der Waals surface area contributed by atoms with Crippen molar-refractivity contribution < 1.29 is 20.1 Å². The topological polar surface area (TPSA) is 120 Å². The molecule has 0 radical (unpaired) electrons. The van der Waals surface area contributed by atoms with Crippen LogP contribution >= 0.6 is 24.0 Å². The van der Waals surface area contributed by atoms with Crippen LogP contribution in [0.1, 0.15) is 11.5 Å². The minimum absolute atomic E-state index is 0. The van der Waals surface area contributed by atoms with E-state index in [0.29, 0.717) is 0 Å². The molecule has 2 rings (SSSR count). The highest BCUT2D eigenvalue weighted by Crippen LogP contribution is 2.29. The Hall–Kier alpha value is -0.740. The van der Waals surface area contributed by atoms with Gasteiger partial charge in [-0.05, 0) is 5.56 Å². The lowest BCUT2D eigenvalue weighted by Crippen LogP contribution is -2.56. The van der Waals surface area contributed by atoms with Crippen molar-refractivity contribution in [1.82, 2.24) is 0 Å². The Morgan fingerprint density at radius 2 is 1.80 bits per heavy atom. The van der Waals surface area contributed by atoms with Gasteiger partial charge >= 0.3 is 0 Å². The average Bonchev–Trinajstić information content (AvgIpc) is 2.40. The van der Waals surface area contributed by atoms with E-state index in [0.717, 1.165) is 5.56 Å². The first-order valence-corrected chi connectivity index (χ1v) is 6.07. The Bertz CT molecular complexity index is 445. The molecule has 6 N–H and O–H groups in total. The van der Waals surface area contributed by atoms with Gasteiger partial charge in [0.05, 0.1) is 18.6 Å². The first-order chi connectivity index (χ1) is 9.02. The van der Waals surface area contributed by atoms with Gasteiger partial charge in [-0.1, -0.05) is 30.3 Å². The number of hydrogen-bond donors (Lipinski definition) is 5. The Balaban J connectivity index is 0.00000200. The van der Waals surface area contributed by atoms with Crippen molar-refractivity contribution in [1.29, 1.82) is 5.41 Å². The fourth-order valence-electron chi connectivity index (χ4n) is 2.33. The SMILES string of the molecule is I.N=C(N)C(c1ccccc1)[C@@H]1OC[C@@H](O)[C@H](O)[C@H]1O.